The van der Waals surface area contributed by atoms with Crippen molar-refractivity contribution in [2.45, 2.75) is 32.1 Å². The molecule has 86 valence electrons. The fraction of sp³-hybridized carbons (Fsp3) is 0.462. The first-order valence-electron chi connectivity index (χ1n) is 5.51. The van der Waals surface area contributed by atoms with Gasteiger partial charge in [-0.2, -0.15) is 0 Å². The van der Waals surface area contributed by atoms with Crippen molar-refractivity contribution < 1.29 is 13.9 Å². The van der Waals surface area contributed by atoms with Gasteiger partial charge in [-0.15, -0.1) is 0 Å². The summed E-state index contributed by atoms with van der Waals surface area (Å²) in [5.41, 5.74) is 2.15. The zero-order valence-corrected chi connectivity index (χ0v) is 9.55. The molecular formula is C13H15FO2. The molecule has 0 fully saturated rings. The number of hydrogen-bond acceptors (Lipinski definition) is 2. The van der Waals surface area contributed by atoms with E-state index in [0.29, 0.717) is 11.1 Å². The van der Waals surface area contributed by atoms with Crippen LogP contribution >= 0.6 is 0 Å². The van der Waals surface area contributed by atoms with Gasteiger partial charge < -0.3 is 4.74 Å². The molecule has 2 nitrogen and oxygen atoms in total. The third-order valence-corrected chi connectivity index (χ3v) is 3.25. The van der Waals surface area contributed by atoms with Crippen molar-refractivity contribution in [2.24, 2.45) is 0 Å². The predicted molar refractivity (Wildman–Crippen MR) is 58.8 cm³/mol. The average Bonchev–Trinajstić information content (AvgIpc) is 2.32. The normalized spacial score (nSPS) is 19.1. The molecule has 0 spiro atoms. The van der Waals surface area contributed by atoms with Gasteiger partial charge in [0, 0.05) is 0 Å². The van der Waals surface area contributed by atoms with E-state index >= 15 is 0 Å². The number of benzene rings is 1. The first-order chi connectivity index (χ1) is 7.65. The number of aryl methyl sites for hydroxylation is 1. The zero-order chi connectivity index (χ0) is 11.7. The monoisotopic (exact) mass is 222 g/mol. The van der Waals surface area contributed by atoms with Gasteiger partial charge >= 0.3 is 5.97 Å². The molecule has 1 unspecified atom stereocenters. The van der Waals surface area contributed by atoms with Crippen LogP contribution in [-0.4, -0.2) is 13.1 Å². The number of ether oxygens (including phenoxy) is 1. The average molecular weight is 222 g/mol. The van der Waals surface area contributed by atoms with Crippen molar-refractivity contribution in [3.05, 3.63) is 34.6 Å². The molecule has 0 saturated heterocycles. The smallest absolute Gasteiger partial charge is 0.313 e. The highest BCUT2D eigenvalue weighted by atomic mass is 19.1. The number of rotatable bonds is 1. The number of carbonyl (C=O) groups is 1. The Morgan fingerprint density at radius 3 is 2.94 bits per heavy atom. The lowest BCUT2D eigenvalue weighted by Gasteiger charge is -2.24. The molecule has 2 rings (SSSR count). The van der Waals surface area contributed by atoms with E-state index in [1.807, 2.05) is 6.07 Å². The van der Waals surface area contributed by atoms with Crippen LogP contribution in [0.5, 0.6) is 0 Å². The summed E-state index contributed by atoms with van der Waals surface area (Å²) in [6, 6.07) is 3.59. The summed E-state index contributed by atoms with van der Waals surface area (Å²) in [4.78, 5) is 11.6. The van der Waals surface area contributed by atoms with Crippen molar-refractivity contribution in [1.82, 2.24) is 0 Å². The molecule has 0 aromatic heterocycles. The van der Waals surface area contributed by atoms with E-state index in [9.17, 15) is 9.18 Å². The van der Waals surface area contributed by atoms with Crippen molar-refractivity contribution in [3.8, 4) is 0 Å². The minimum absolute atomic E-state index is 0.161. The lowest BCUT2D eigenvalue weighted by Crippen LogP contribution is -2.20. The van der Waals surface area contributed by atoms with Gasteiger partial charge in [0.15, 0.2) is 0 Å². The molecule has 0 saturated carbocycles. The number of methoxy groups -OCH3 is 1. The summed E-state index contributed by atoms with van der Waals surface area (Å²) in [5, 5.41) is 0. The van der Waals surface area contributed by atoms with E-state index in [-0.39, 0.29) is 17.7 Å². The van der Waals surface area contributed by atoms with E-state index in [1.165, 1.54) is 7.11 Å². The molecule has 1 aromatic carbocycles. The van der Waals surface area contributed by atoms with Crippen molar-refractivity contribution in [3.63, 3.8) is 0 Å². The standard InChI is InChI=1S/C13H15FO2/c1-8-6-7-9-10(12(8)14)4-3-5-11(9)13(15)16-2/h6-7,11H,3-5H2,1-2H3. The van der Waals surface area contributed by atoms with Gasteiger partial charge in [0.05, 0.1) is 13.0 Å². The Hall–Kier alpha value is -1.38. The SMILES string of the molecule is COC(=O)C1CCCc2c1ccc(C)c2F. The summed E-state index contributed by atoms with van der Waals surface area (Å²) < 4.78 is 18.6. The maximum atomic E-state index is 13.9. The van der Waals surface area contributed by atoms with Gasteiger partial charge in [0.2, 0.25) is 0 Å². The van der Waals surface area contributed by atoms with Gasteiger partial charge in [-0.3, -0.25) is 4.79 Å². The second kappa shape index (κ2) is 4.24. The third kappa shape index (κ3) is 1.70. The summed E-state index contributed by atoms with van der Waals surface area (Å²) >= 11 is 0. The van der Waals surface area contributed by atoms with Gasteiger partial charge in [-0.25, -0.2) is 4.39 Å². The topological polar surface area (TPSA) is 26.3 Å². The van der Waals surface area contributed by atoms with Crippen LogP contribution in [-0.2, 0) is 16.0 Å². The maximum Gasteiger partial charge on any atom is 0.313 e. The molecular weight excluding hydrogens is 207 g/mol. The quantitative estimate of drug-likeness (QED) is 0.683. The summed E-state index contributed by atoms with van der Waals surface area (Å²) in [6.45, 7) is 1.75. The Kier molecular flexibility index (Phi) is 2.95. The highest BCUT2D eigenvalue weighted by molar-refractivity contribution is 5.79. The van der Waals surface area contributed by atoms with Gasteiger partial charge in [0.1, 0.15) is 5.82 Å². The molecule has 1 atom stereocenters. The third-order valence-electron chi connectivity index (χ3n) is 3.25. The molecule has 0 heterocycles. The molecule has 1 aliphatic carbocycles. The maximum absolute atomic E-state index is 13.9. The van der Waals surface area contributed by atoms with E-state index in [2.05, 4.69) is 0 Å². The van der Waals surface area contributed by atoms with E-state index in [1.54, 1.807) is 13.0 Å². The second-order valence-electron chi connectivity index (χ2n) is 4.23. The Morgan fingerprint density at radius 2 is 2.25 bits per heavy atom. The minimum Gasteiger partial charge on any atom is -0.469 e. The molecule has 1 aliphatic rings. The first kappa shape index (κ1) is 11.1. The number of carbonyl (C=O) groups excluding carboxylic acids is 1. The lowest BCUT2D eigenvalue weighted by molar-refractivity contribution is -0.142. The highest BCUT2D eigenvalue weighted by Crippen LogP contribution is 2.34. The Bertz CT molecular complexity index is 426. The molecule has 3 heteroatoms. The summed E-state index contributed by atoms with van der Waals surface area (Å²) in [5.74, 6) is -0.709. The van der Waals surface area contributed by atoms with E-state index < -0.39 is 0 Å². The fourth-order valence-electron chi connectivity index (χ4n) is 2.36. The highest BCUT2D eigenvalue weighted by Gasteiger charge is 2.29. The first-order valence-corrected chi connectivity index (χ1v) is 5.51. The van der Waals surface area contributed by atoms with Crippen LogP contribution in [0.25, 0.3) is 0 Å². The van der Waals surface area contributed by atoms with Crippen LogP contribution in [0.15, 0.2) is 12.1 Å². The fourth-order valence-corrected chi connectivity index (χ4v) is 2.36. The number of esters is 1. The van der Waals surface area contributed by atoms with Gasteiger partial charge in [-0.05, 0) is 42.9 Å². The number of halogens is 1. The zero-order valence-electron chi connectivity index (χ0n) is 9.55. The minimum atomic E-state index is -0.288. The van der Waals surface area contributed by atoms with Crippen LogP contribution in [0.4, 0.5) is 4.39 Å². The number of hydrogen-bond donors (Lipinski definition) is 0. The van der Waals surface area contributed by atoms with Gasteiger partial charge in [-0.1, -0.05) is 12.1 Å². The molecule has 0 radical (unpaired) electrons. The van der Waals surface area contributed by atoms with Crippen LogP contribution in [0.2, 0.25) is 0 Å². The van der Waals surface area contributed by atoms with Crippen LogP contribution < -0.4 is 0 Å². The molecule has 0 amide bonds. The van der Waals surface area contributed by atoms with Crippen LogP contribution in [0.1, 0.15) is 35.4 Å². The van der Waals surface area contributed by atoms with Crippen molar-refractivity contribution >= 4 is 5.97 Å². The van der Waals surface area contributed by atoms with E-state index in [4.69, 9.17) is 4.74 Å². The summed E-state index contributed by atoms with van der Waals surface area (Å²) in [7, 11) is 1.38. The molecule has 0 aliphatic heterocycles. The largest absolute Gasteiger partial charge is 0.469 e. The van der Waals surface area contributed by atoms with Gasteiger partial charge in [0.25, 0.3) is 0 Å². The number of fused-ring (bicyclic) bond motifs is 1. The molecule has 1 aromatic rings. The predicted octanol–water partition coefficient (Wildman–Crippen LogP) is 2.73. The Morgan fingerprint density at radius 1 is 1.50 bits per heavy atom. The second-order valence-corrected chi connectivity index (χ2v) is 4.23. The van der Waals surface area contributed by atoms with Crippen LogP contribution in [0, 0.1) is 12.7 Å². The van der Waals surface area contributed by atoms with E-state index in [0.717, 1.165) is 24.8 Å². The molecule has 16 heavy (non-hydrogen) atoms. The lowest BCUT2D eigenvalue weighted by atomic mass is 9.82. The van der Waals surface area contributed by atoms with Crippen molar-refractivity contribution in [2.75, 3.05) is 7.11 Å². The molecule has 0 N–H and O–H groups in total. The Labute approximate surface area is 94.4 Å². The summed E-state index contributed by atoms with van der Waals surface area (Å²) in [6.07, 6.45) is 2.31. The van der Waals surface area contributed by atoms with Crippen molar-refractivity contribution in [1.29, 1.82) is 0 Å². The van der Waals surface area contributed by atoms with Crippen LogP contribution in [0.3, 0.4) is 0 Å². The molecule has 0 bridgehead atoms. The Balaban J connectivity index is 2.47.